The number of ether oxygens (including phenoxy) is 2. The van der Waals surface area contributed by atoms with E-state index in [9.17, 15) is 13.6 Å². The van der Waals surface area contributed by atoms with E-state index in [1.54, 1.807) is 41.8 Å². The van der Waals surface area contributed by atoms with Gasteiger partial charge in [-0.2, -0.15) is 8.78 Å². The Morgan fingerprint density at radius 3 is 2.91 bits per heavy atom. The van der Waals surface area contributed by atoms with Gasteiger partial charge in [0, 0.05) is 22.0 Å². The number of para-hydroxylation sites is 1. The average Bonchev–Trinajstić information content (AvgIpc) is 3.54. The Kier molecular flexibility index (Phi) is 6.35. The second-order valence-electron chi connectivity index (χ2n) is 7.79. The van der Waals surface area contributed by atoms with Gasteiger partial charge in [-0.25, -0.2) is 9.97 Å². The molecule has 0 spiro atoms. The summed E-state index contributed by atoms with van der Waals surface area (Å²) in [6.07, 6.45) is 8.06. The largest absolute Gasteiger partial charge is 0.458 e. The van der Waals surface area contributed by atoms with Crippen LogP contribution >= 0.6 is 22.7 Å². The zero-order valence-corrected chi connectivity index (χ0v) is 20.2. The van der Waals surface area contributed by atoms with Gasteiger partial charge in [0.15, 0.2) is 21.6 Å². The van der Waals surface area contributed by atoms with E-state index >= 15 is 0 Å². The summed E-state index contributed by atoms with van der Waals surface area (Å²) in [5.74, 6) is -0.0503. The fourth-order valence-corrected chi connectivity index (χ4v) is 5.62. The van der Waals surface area contributed by atoms with Gasteiger partial charge in [0.25, 0.3) is 5.91 Å². The van der Waals surface area contributed by atoms with E-state index in [-0.39, 0.29) is 17.4 Å². The summed E-state index contributed by atoms with van der Waals surface area (Å²) in [4.78, 5) is 24.2. The van der Waals surface area contributed by atoms with E-state index in [0.29, 0.717) is 32.8 Å². The van der Waals surface area contributed by atoms with Crippen LogP contribution in [0.3, 0.4) is 0 Å². The van der Waals surface area contributed by atoms with E-state index in [0.717, 1.165) is 25.0 Å². The van der Waals surface area contributed by atoms with Gasteiger partial charge in [-0.3, -0.25) is 14.5 Å². The molecule has 35 heavy (non-hydrogen) atoms. The molecule has 0 atom stereocenters. The maximum atomic E-state index is 13.3. The number of aryl methyl sites for hydroxylation is 2. The molecule has 11 heteroatoms. The van der Waals surface area contributed by atoms with Crippen molar-refractivity contribution in [2.24, 2.45) is 0 Å². The Morgan fingerprint density at radius 1 is 1.29 bits per heavy atom. The summed E-state index contributed by atoms with van der Waals surface area (Å²) in [7, 11) is 0. The van der Waals surface area contributed by atoms with Crippen molar-refractivity contribution in [1.82, 2.24) is 14.4 Å². The second kappa shape index (κ2) is 9.59. The molecule has 5 rings (SSSR count). The fraction of sp³-hybridized carbons (Fsp3) is 0.208. The van der Waals surface area contributed by atoms with Crippen molar-refractivity contribution in [2.75, 3.05) is 5.32 Å². The first kappa shape index (κ1) is 23.2. The van der Waals surface area contributed by atoms with Crippen LogP contribution in [0.1, 0.15) is 45.7 Å². The first-order valence-electron chi connectivity index (χ1n) is 10.7. The molecule has 180 valence electrons. The van der Waals surface area contributed by atoms with E-state index in [4.69, 9.17) is 4.74 Å². The quantitative estimate of drug-likeness (QED) is 0.280. The molecule has 1 N–H and O–H groups in total. The highest BCUT2D eigenvalue weighted by Crippen LogP contribution is 2.35. The molecule has 1 aliphatic carbocycles. The monoisotopic (exact) mass is 514 g/mol. The number of rotatable bonds is 8. The van der Waals surface area contributed by atoms with Gasteiger partial charge in [-0.1, -0.05) is 18.7 Å². The topological polar surface area (TPSA) is 77.8 Å². The Balaban J connectivity index is 1.48. The lowest BCUT2D eigenvalue weighted by atomic mass is 10.1. The minimum Gasteiger partial charge on any atom is -0.458 e. The van der Waals surface area contributed by atoms with Crippen LogP contribution in [-0.4, -0.2) is 26.9 Å². The fourth-order valence-electron chi connectivity index (χ4n) is 3.85. The number of hydrogen-bond donors (Lipinski definition) is 1. The number of imidazole rings is 1. The van der Waals surface area contributed by atoms with Crippen LogP contribution in [0, 0.1) is 0 Å². The summed E-state index contributed by atoms with van der Waals surface area (Å²) in [5, 5.41) is 5.31. The van der Waals surface area contributed by atoms with Crippen molar-refractivity contribution in [3.05, 3.63) is 69.6 Å². The van der Waals surface area contributed by atoms with Gasteiger partial charge in [-0.05, 0) is 44.4 Å². The van der Waals surface area contributed by atoms with Crippen molar-refractivity contribution in [1.29, 1.82) is 0 Å². The van der Waals surface area contributed by atoms with Gasteiger partial charge in [0.1, 0.15) is 5.69 Å². The molecule has 7 nitrogen and oxygen atoms in total. The molecular weight excluding hydrogens is 494 g/mol. The third-order valence-electron chi connectivity index (χ3n) is 5.24. The van der Waals surface area contributed by atoms with E-state index in [2.05, 4.69) is 26.6 Å². The molecule has 0 bridgehead atoms. The Hall–Kier alpha value is -3.57. The lowest BCUT2D eigenvalue weighted by molar-refractivity contribution is -0.0511. The summed E-state index contributed by atoms with van der Waals surface area (Å²) < 4.78 is 37.7. The van der Waals surface area contributed by atoms with Crippen molar-refractivity contribution in [2.45, 2.75) is 32.8 Å². The molecule has 1 aliphatic rings. The lowest BCUT2D eigenvalue weighted by Crippen LogP contribution is -2.15. The predicted octanol–water partition coefficient (Wildman–Crippen LogP) is 6.28. The van der Waals surface area contributed by atoms with Crippen LogP contribution in [0.25, 0.3) is 17.1 Å². The number of carbonyl (C=O) groups is 1. The molecule has 0 saturated carbocycles. The van der Waals surface area contributed by atoms with Crippen molar-refractivity contribution < 1.29 is 23.0 Å². The van der Waals surface area contributed by atoms with Crippen LogP contribution in [0.4, 0.5) is 13.9 Å². The highest BCUT2D eigenvalue weighted by Gasteiger charge is 2.23. The van der Waals surface area contributed by atoms with Gasteiger partial charge >= 0.3 is 6.61 Å². The zero-order valence-electron chi connectivity index (χ0n) is 18.6. The molecule has 1 amide bonds. The molecule has 3 aromatic heterocycles. The Bertz CT molecular complexity index is 1430. The number of alkyl halides is 2. The zero-order chi connectivity index (χ0) is 24.5. The van der Waals surface area contributed by atoms with Crippen LogP contribution in [0.15, 0.2) is 42.1 Å². The summed E-state index contributed by atoms with van der Waals surface area (Å²) in [6.45, 7) is 2.28. The number of amides is 1. The van der Waals surface area contributed by atoms with Crippen molar-refractivity contribution >= 4 is 50.8 Å². The number of hydrogen-bond acceptors (Lipinski definition) is 7. The number of fused-ring (bicyclic) bond motifs is 2. The minimum absolute atomic E-state index is 0.0980. The van der Waals surface area contributed by atoms with E-state index in [1.807, 2.05) is 5.38 Å². The predicted molar refractivity (Wildman–Crippen MR) is 133 cm³/mol. The number of nitrogens with zero attached hydrogens (tertiary/aromatic N) is 3. The lowest BCUT2D eigenvalue weighted by Gasteiger charge is -2.14. The summed E-state index contributed by atoms with van der Waals surface area (Å²) >= 11 is 2.89. The number of halogens is 2. The maximum absolute atomic E-state index is 13.3. The highest BCUT2D eigenvalue weighted by atomic mass is 32.1. The number of nitrogens with one attached hydrogen (secondary N) is 1. The Labute approximate surface area is 207 Å². The van der Waals surface area contributed by atoms with Gasteiger partial charge in [0.2, 0.25) is 0 Å². The van der Waals surface area contributed by atoms with Crippen molar-refractivity contribution in [3.8, 4) is 11.5 Å². The van der Waals surface area contributed by atoms with Crippen LogP contribution in [-0.2, 0) is 12.8 Å². The average molecular weight is 515 g/mol. The van der Waals surface area contributed by atoms with E-state index < -0.39 is 6.61 Å². The molecule has 0 fully saturated rings. The Morgan fingerprint density at radius 2 is 2.14 bits per heavy atom. The highest BCUT2D eigenvalue weighted by molar-refractivity contribution is 7.16. The van der Waals surface area contributed by atoms with Crippen molar-refractivity contribution in [3.63, 3.8) is 0 Å². The summed E-state index contributed by atoms with van der Waals surface area (Å²) in [6, 6.07) is 4.64. The molecule has 3 heterocycles. The standard InChI is InChI=1S/C24H20F2N4O3S2/c1-13(2)32-20-14(5-3-7-17(20)33-22(25)26)9-10-16-19(30-11-12-34-24(30)28-16)21(31)29-23-27-15-6-4-8-18(15)35-23/h3,5,7,9-12,22H,1,4,6,8H2,2H3,(H,27,29,31). The number of carbonyl (C=O) groups excluding carboxylic acids is 1. The number of anilines is 1. The third-order valence-corrected chi connectivity index (χ3v) is 7.07. The molecule has 4 aromatic rings. The normalized spacial score (nSPS) is 13.0. The van der Waals surface area contributed by atoms with E-state index in [1.165, 1.54) is 33.6 Å². The third kappa shape index (κ3) is 4.82. The number of thiazole rings is 2. The SMILES string of the molecule is C=C(C)Oc1c(C=Cc2nc3sccn3c2C(=O)Nc2nc3c(s2)CCC3)cccc1OC(F)F. The number of benzene rings is 1. The second-order valence-corrected chi connectivity index (χ2v) is 9.74. The molecule has 0 aliphatic heterocycles. The number of allylic oxidation sites excluding steroid dienone is 1. The molecule has 0 unspecified atom stereocenters. The maximum Gasteiger partial charge on any atom is 0.387 e. The van der Waals surface area contributed by atoms with Crippen LogP contribution in [0.2, 0.25) is 0 Å². The van der Waals surface area contributed by atoms with Gasteiger partial charge < -0.3 is 9.47 Å². The first-order chi connectivity index (χ1) is 16.9. The van der Waals surface area contributed by atoms with Crippen LogP contribution < -0.4 is 14.8 Å². The van der Waals surface area contributed by atoms with Crippen LogP contribution in [0.5, 0.6) is 11.5 Å². The first-order valence-corrected chi connectivity index (χ1v) is 12.4. The minimum atomic E-state index is -3.01. The van der Waals surface area contributed by atoms with Gasteiger partial charge in [-0.15, -0.1) is 22.7 Å². The van der Waals surface area contributed by atoms with Gasteiger partial charge in [0.05, 0.1) is 17.1 Å². The molecule has 1 aromatic carbocycles. The summed E-state index contributed by atoms with van der Waals surface area (Å²) in [5.41, 5.74) is 2.27. The molecular formula is C24H20F2N4O3S2. The molecule has 0 saturated heterocycles. The number of aromatic nitrogens is 3. The smallest absolute Gasteiger partial charge is 0.387 e. The molecule has 0 radical (unpaired) electrons.